The molecule has 1 aromatic carbocycles. The van der Waals surface area contributed by atoms with E-state index in [0.29, 0.717) is 17.5 Å². The predicted molar refractivity (Wildman–Crippen MR) is 101 cm³/mol. The summed E-state index contributed by atoms with van der Waals surface area (Å²) < 4.78 is 27.6. The molecule has 1 aliphatic rings. The molecule has 8 heteroatoms. The van der Waals surface area contributed by atoms with Gasteiger partial charge in [-0.2, -0.15) is 0 Å². The molecule has 1 N–H and O–H groups in total. The number of nitrogens with zero attached hydrogens (tertiary/aromatic N) is 2. The standard InChI is InChI=1S/C17H19Cl2N3O2S/c18-14-1-2-16(19)17(11-14)25(23,24)21-12-13-5-9-22(10-6-13)15-3-7-20-8-4-15/h1-4,7-8,11,13,21H,5-6,9-10,12H2. The summed E-state index contributed by atoms with van der Waals surface area (Å²) in [6.07, 6.45) is 5.41. The van der Waals surface area contributed by atoms with Crippen LogP contribution in [0.1, 0.15) is 12.8 Å². The summed E-state index contributed by atoms with van der Waals surface area (Å²) in [6.45, 7) is 2.19. The summed E-state index contributed by atoms with van der Waals surface area (Å²) in [5.41, 5.74) is 1.15. The first-order chi connectivity index (χ1) is 12.0. The lowest BCUT2D eigenvalue weighted by atomic mass is 9.97. The Labute approximate surface area is 158 Å². The number of piperidine rings is 1. The number of halogens is 2. The lowest BCUT2D eigenvalue weighted by Crippen LogP contribution is -2.38. The zero-order valence-electron chi connectivity index (χ0n) is 13.5. The maximum Gasteiger partial charge on any atom is 0.242 e. The smallest absolute Gasteiger partial charge is 0.242 e. The molecule has 0 spiro atoms. The maximum absolute atomic E-state index is 12.5. The summed E-state index contributed by atoms with van der Waals surface area (Å²) >= 11 is 11.9. The predicted octanol–water partition coefficient (Wildman–Crippen LogP) is 3.58. The van der Waals surface area contributed by atoms with Crippen LogP contribution in [0.5, 0.6) is 0 Å². The molecule has 2 heterocycles. The number of sulfonamides is 1. The summed E-state index contributed by atoms with van der Waals surface area (Å²) in [6, 6.07) is 8.41. The first-order valence-electron chi connectivity index (χ1n) is 8.05. The molecule has 134 valence electrons. The Bertz CT molecular complexity index is 823. The topological polar surface area (TPSA) is 62.3 Å². The fourth-order valence-corrected chi connectivity index (χ4v) is 4.82. The van der Waals surface area contributed by atoms with Crippen LogP contribution in [-0.2, 0) is 10.0 Å². The second-order valence-corrected chi connectivity index (χ2v) is 8.64. The van der Waals surface area contributed by atoms with Gasteiger partial charge in [-0.1, -0.05) is 23.2 Å². The van der Waals surface area contributed by atoms with Crippen molar-refractivity contribution in [2.75, 3.05) is 24.5 Å². The van der Waals surface area contributed by atoms with E-state index < -0.39 is 10.0 Å². The van der Waals surface area contributed by atoms with Crippen molar-refractivity contribution in [1.29, 1.82) is 0 Å². The van der Waals surface area contributed by atoms with Crippen molar-refractivity contribution in [1.82, 2.24) is 9.71 Å². The highest BCUT2D eigenvalue weighted by atomic mass is 35.5. The van der Waals surface area contributed by atoms with Gasteiger partial charge in [0, 0.05) is 42.7 Å². The number of anilines is 1. The van der Waals surface area contributed by atoms with Gasteiger partial charge in [-0.25, -0.2) is 13.1 Å². The molecule has 0 atom stereocenters. The van der Waals surface area contributed by atoms with E-state index in [4.69, 9.17) is 23.2 Å². The fourth-order valence-electron chi connectivity index (χ4n) is 2.94. The molecule has 0 amide bonds. The van der Waals surface area contributed by atoms with Crippen LogP contribution in [0.15, 0.2) is 47.6 Å². The van der Waals surface area contributed by atoms with Crippen LogP contribution >= 0.6 is 23.2 Å². The highest BCUT2D eigenvalue weighted by Crippen LogP contribution is 2.26. The number of rotatable bonds is 5. The molecule has 25 heavy (non-hydrogen) atoms. The molecule has 2 aromatic rings. The molecular formula is C17H19Cl2N3O2S. The first kappa shape index (κ1) is 18.5. The molecule has 1 aromatic heterocycles. The second kappa shape index (κ2) is 7.91. The monoisotopic (exact) mass is 399 g/mol. The van der Waals surface area contributed by atoms with Gasteiger partial charge in [-0.05, 0) is 49.1 Å². The van der Waals surface area contributed by atoms with E-state index in [-0.39, 0.29) is 9.92 Å². The van der Waals surface area contributed by atoms with Crippen LogP contribution in [0.2, 0.25) is 10.0 Å². The Morgan fingerprint density at radius 3 is 2.48 bits per heavy atom. The van der Waals surface area contributed by atoms with E-state index in [1.807, 2.05) is 12.1 Å². The van der Waals surface area contributed by atoms with Gasteiger partial charge in [-0.3, -0.25) is 4.98 Å². The summed E-state index contributed by atoms with van der Waals surface area (Å²) in [5.74, 6) is 0.297. The van der Waals surface area contributed by atoms with E-state index in [9.17, 15) is 8.42 Å². The van der Waals surface area contributed by atoms with Gasteiger partial charge in [0.15, 0.2) is 0 Å². The lowest BCUT2D eigenvalue weighted by Gasteiger charge is -2.33. The average molecular weight is 400 g/mol. The minimum absolute atomic E-state index is 0.0240. The molecule has 0 radical (unpaired) electrons. The van der Waals surface area contributed by atoms with Gasteiger partial charge in [0.1, 0.15) is 4.90 Å². The minimum Gasteiger partial charge on any atom is -0.371 e. The third kappa shape index (κ3) is 4.64. The highest BCUT2D eigenvalue weighted by Gasteiger charge is 2.23. The van der Waals surface area contributed by atoms with Gasteiger partial charge in [0.2, 0.25) is 10.0 Å². The number of hydrogen-bond acceptors (Lipinski definition) is 4. The molecule has 0 unspecified atom stereocenters. The largest absolute Gasteiger partial charge is 0.371 e. The van der Waals surface area contributed by atoms with Crippen LogP contribution in [0.4, 0.5) is 5.69 Å². The fraction of sp³-hybridized carbons (Fsp3) is 0.353. The van der Waals surface area contributed by atoms with Crippen LogP contribution in [-0.4, -0.2) is 33.0 Å². The van der Waals surface area contributed by atoms with Gasteiger partial charge in [0.05, 0.1) is 5.02 Å². The SMILES string of the molecule is O=S(=O)(NCC1CCN(c2ccncc2)CC1)c1cc(Cl)ccc1Cl. The highest BCUT2D eigenvalue weighted by molar-refractivity contribution is 7.89. The van der Waals surface area contributed by atoms with Gasteiger partial charge in [0.25, 0.3) is 0 Å². The molecule has 1 saturated heterocycles. The lowest BCUT2D eigenvalue weighted by molar-refractivity contribution is 0.402. The zero-order chi connectivity index (χ0) is 17.9. The Balaban J connectivity index is 1.57. The molecule has 3 rings (SSSR count). The van der Waals surface area contributed by atoms with Crippen molar-refractivity contribution in [3.8, 4) is 0 Å². The van der Waals surface area contributed by atoms with E-state index in [0.717, 1.165) is 31.6 Å². The van der Waals surface area contributed by atoms with Gasteiger partial charge in [-0.15, -0.1) is 0 Å². The summed E-state index contributed by atoms with van der Waals surface area (Å²) in [4.78, 5) is 6.35. The third-order valence-corrected chi connectivity index (χ3v) is 6.53. The van der Waals surface area contributed by atoms with Crippen molar-refractivity contribution in [3.63, 3.8) is 0 Å². The van der Waals surface area contributed by atoms with Crippen molar-refractivity contribution < 1.29 is 8.42 Å². The number of benzene rings is 1. The van der Waals surface area contributed by atoms with E-state index in [2.05, 4.69) is 14.6 Å². The number of pyridine rings is 1. The van der Waals surface area contributed by atoms with E-state index >= 15 is 0 Å². The van der Waals surface area contributed by atoms with Gasteiger partial charge < -0.3 is 4.90 Å². The Morgan fingerprint density at radius 2 is 1.80 bits per heavy atom. The maximum atomic E-state index is 12.5. The zero-order valence-corrected chi connectivity index (χ0v) is 15.9. The van der Waals surface area contributed by atoms with Crippen LogP contribution < -0.4 is 9.62 Å². The van der Waals surface area contributed by atoms with Crippen molar-refractivity contribution in [2.45, 2.75) is 17.7 Å². The van der Waals surface area contributed by atoms with E-state index in [1.165, 1.54) is 12.1 Å². The van der Waals surface area contributed by atoms with Crippen molar-refractivity contribution in [2.24, 2.45) is 5.92 Å². The number of hydrogen-bond donors (Lipinski definition) is 1. The summed E-state index contributed by atoms with van der Waals surface area (Å²) in [5, 5.41) is 0.514. The average Bonchev–Trinajstić information content (AvgIpc) is 2.63. The first-order valence-corrected chi connectivity index (χ1v) is 10.3. The van der Waals surface area contributed by atoms with E-state index in [1.54, 1.807) is 18.5 Å². The number of aromatic nitrogens is 1. The minimum atomic E-state index is -3.67. The van der Waals surface area contributed by atoms with Gasteiger partial charge >= 0.3 is 0 Å². The Morgan fingerprint density at radius 1 is 1.12 bits per heavy atom. The third-order valence-electron chi connectivity index (χ3n) is 4.39. The molecule has 5 nitrogen and oxygen atoms in total. The van der Waals surface area contributed by atoms with Crippen LogP contribution in [0.3, 0.4) is 0 Å². The molecule has 0 bridgehead atoms. The Hall–Kier alpha value is -1.34. The molecule has 0 saturated carbocycles. The van der Waals surface area contributed by atoms with Crippen LogP contribution in [0.25, 0.3) is 0 Å². The quantitative estimate of drug-likeness (QED) is 0.834. The molecular weight excluding hydrogens is 381 g/mol. The second-order valence-electron chi connectivity index (χ2n) is 6.06. The number of nitrogens with one attached hydrogen (secondary N) is 1. The molecule has 1 fully saturated rings. The normalized spacial score (nSPS) is 16.2. The van der Waals surface area contributed by atoms with Crippen molar-refractivity contribution in [3.05, 3.63) is 52.8 Å². The molecule has 0 aliphatic carbocycles. The van der Waals surface area contributed by atoms with Crippen LogP contribution in [0, 0.1) is 5.92 Å². The van der Waals surface area contributed by atoms with Crippen molar-refractivity contribution >= 4 is 38.9 Å². The molecule has 1 aliphatic heterocycles. The Kier molecular flexibility index (Phi) is 5.84. The summed E-state index contributed by atoms with van der Waals surface area (Å²) in [7, 11) is -3.67.